The monoisotopic (exact) mass is 193 g/mol. The lowest BCUT2D eigenvalue weighted by atomic mass is 10.1. The second-order valence-electron chi connectivity index (χ2n) is 3.94. The molecule has 1 aliphatic rings. The van der Waals surface area contributed by atoms with E-state index in [0.29, 0.717) is 13.1 Å². The van der Waals surface area contributed by atoms with Crippen molar-refractivity contribution in [2.24, 2.45) is 5.92 Å². The van der Waals surface area contributed by atoms with Crippen molar-refractivity contribution in [1.82, 2.24) is 4.90 Å². The van der Waals surface area contributed by atoms with Crippen molar-refractivity contribution in [2.75, 3.05) is 20.1 Å². The van der Waals surface area contributed by atoms with E-state index in [9.17, 15) is 8.78 Å². The molecular formula is C9H17F2NO. The van der Waals surface area contributed by atoms with Crippen LogP contribution in [0.3, 0.4) is 0 Å². The highest BCUT2D eigenvalue weighted by atomic mass is 19.3. The minimum absolute atomic E-state index is 0.0257. The van der Waals surface area contributed by atoms with Gasteiger partial charge in [0.05, 0.1) is 18.1 Å². The molecule has 1 saturated heterocycles. The van der Waals surface area contributed by atoms with Gasteiger partial charge in [0.25, 0.3) is 0 Å². The van der Waals surface area contributed by atoms with Crippen LogP contribution in [0, 0.1) is 5.92 Å². The molecule has 0 unspecified atom stereocenters. The van der Waals surface area contributed by atoms with Crippen LogP contribution in [0.15, 0.2) is 0 Å². The van der Waals surface area contributed by atoms with Crippen molar-refractivity contribution in [2.45, 2.75) is 32.5 Å². The molecule has 0 saturated carbocycles. The highest BCUT2D eigenvalue weighted by molar-refractivity contribution is 4.85. The molecule has 1 rings (SSSR count). The first-order chi connectivity index (χ1) is 6.00. The Morgan fingerprint density at radius 1 is 1.31 bits per heavy atom. The Bertz CT molecular complexity index is 164. The molecule has 0 amide bonds. The molecule has 0 aromatic heterocycles. The fraction of sp³-hybridized carbons (Fsp3) is 1.00. The lowest BCUT2D eigenvalue weighted by Crippen LogP contribution is -2.30. The van der Waals surface area contributed by atoms with E-state index in [0.717, 1.165) is 0 Å². The first-order valence-electron chi connectivity index (χ1n) is 4.63. The van der Waals surface area contributed by atoms with Crippen LogP contribution in [0.4, 0.5) is 8.78 Å². The third-order valence-electron chi connectivity index (χ3n) is 2.26. The molecule has 0 aromatic carbocycles. The summed E-state index contributed by atoms with van der Waals surface area (Å²) in [4.78, 5) is 1.89. The number of hydrogen-bond donors (Lipinski definition) is 0. The van der Waals surface area contributed by atoms with Crippen molar-refractivity contribution < 1.29 is 13.5 Å². The zero-order valence-electron chi connectivity index (χ0n) is 8.34. The maximum Gasteiger partial charge on any atom is 0.245 e. The van der Waals surface area contributed by atoms with Crippen molar-refractivity contribution in [3.05, 3.63) is 0 Å². The van der Waals surface area contributed by atoms with E-state index in [2.05, 4.69) is 0 Å². The Hall–Kier alpha value is -0.220. The molecule has 4 heteroatoms. The molecule has 0 aliphatic carbocycles. The summed E-state index contributed by atoms with van der Waals surface area (Å²) >= 11 is 0. The molecular weight excluding hydrogens is 176 g/mol. The summed E-state index contributed by atoms with van der Waals surface area (Å²) in [5.41, 5.74) is 0. The number of ether oxygens (including phenoxy) is 1. The number of alkyl halides is 2. The number of rotatable bonds is 3. The first-order valence-corrected chi connectivity index (χ1v) is 4.63. The summed E-state index contributed by atoms with van der Waals surface area (Å²) < 4.78 is 30.4. The predicted octanol–water partition coefficient (Wildman–Crippen LogP) is 1.61. The molecule has 1 aliphatic heterocycles. The van der Waals surface area contributed by atoms with Crippen LogP contribution >= 0.6 is 0 Å². The Morgan fingerprint density at radius 3 is 2.38 bits per heavy atom. The average Bonchev–Trinajstić information content (AvgIpc) is 2.29. The molecule has 0 bridgehead atoms. The standard InChI is InChI=1S/C9H17F2NO/c1-6(2)13-8-5-12(3)4-7(8)9(10)11/h6-9H,4-5H2,1-3H3/t7-,8-/m0/s1. The van der Waals surface area contributed by atoms with Gasteiger partial charge in [-0.05, 0) is 20.9 Å². The van der Waals surface area contributed by atoms with Gasteiger partial charge < -0.3 is 9.64 Å². The molecule has 0 aromatic rings. The summed E-state index contributed by atoms with van der Waals surface area (Å²) in [6.07, 6.45) is -2.54. The topological polar surface area (TPSA) is 12.5 Å². The fourth-order valence-electron chi connectivity index (χ4n) is 1.73. The lowest BCUT2D eigenvalue weighted by Gasteiger charge is -2.20. The van der Waals surface area contributed by atoms with Crippen molar-refractivity contribution >= 4 is 0 Å². The smallest absolute Gasteiger partial charge is 0.245 e. The van der Waals surface area contributed by atoms with Gasteiger partial charge in [-0.25, -0.2) is 8.78 Å². The van der Waals surface area contributed by atoms with E-state index in [1.165, 1.54) is 0 Å². The molecule has 13 heavy (non-hydrogen) atoms. The second-order valence-corrected chi connectivity index (χ2v) is 3.94. The number of likely N-dealkylation sites (tertiary alicyclic amines) is 1. The summed E-state index contributed by atoms with van der Waals surface area (Å²) in [7, 11) is 1.85. The molecule has 0 N–H and O–H groups in total. The van der Waals surface area contributed by atoms with Gasteiger partial charge in [-0.3, -0.25) is 0 Å². The van der Waals surface area contributed by atoms with E-state index in [1.807, 2.05) is 25.8 Å². The molecule has 0 spiro atoms. The fourth-order valence-corrected chi connectivity index (χ4v) is 1.73. The highest BCUT2D eigenvalue weighted by Gasteiger charge is 2.38. The van der Waals surface area contributed by atoms with Crippen LogP contribution < -0.4 is 0 Å². The summed E-state index contributed by atoms with van der Waals surface area (Å²) in [5, 5.41) is 0. The maximum absolute atomic E-state index is 12.5. The highest BCUT2D eigenvalue weighted by Crippen LogP contribution is 2.25. The third kappa shape index (κ3) is 2.88. The summed E-state index contributed by atoms with van der Waals surface area (Å²) in [5.74, 6) is -0.618. The van der Waals surface area contributed by atoms with E-state index in [-0.39, 0.29) is 12.2 Å². The van der Waals surface area contributed by atoms with E-state index >= 15 is 0 Å². The maximum atomic E-state index is 12.5. The van der Waals surface area contributed by atoms with Crippen LogP contribution in [-0.4, -0.2) is 43.7 Å². The van der Waals surface area contributed by atoms with Gasteiger partial charge in [0.15, 0.2) is 0 Å². The number of likely N-dealkylation sites (N-methyl/N-ethyl adjacent to an activating group) is 1. The molecule has 0 radical (unpaired) electrons. The van der Waals surface area contributed by atoms with Crippen molar-refractivity contribution in [1.29, 1.82) is 0 Å². The molecule has 1 fully saturated rings. The normalized spacial score (nSPS) is 30.7. The van der Waals surface area contributed by atoms with Gasteiger partial charge in [0.2, 0.25) is 6.43 Å². The summed E-state index contributed by atoms with van der Waals surface area (Å²) in [6.45, 7) is 4.81. The predicted molar refractivity (Wildman–Crippen MR) is 47.0 cm³/mol. The van der Waals surface area contributed by atoms with Gasteiger partial charge in [-0.2, -0.15) is 0 Å². The SMILES string of the molecule is CC(C)O[C@H]1CN(C)C[C@@H]1C(F)F. The van der Waals surface area contributed by atoms with Crippen LogP contribution in [0.2, 0.25) is 0 Å². The minimum Gasteiger partial charge on any atom is -0.374 e. The van der Waals surface area contributed by atoms with Gasteiger partial charge in [-0.15, -0.1) is 0 Å². The first kappa shape index (κ1) is 10.9. The molecule has 2 nitrogen and oxygen atoms in total. The Labute approximate surface area is 77.9 Å². The van der Waals surface area contributed by atoms with Crippen LogP contribution in [-0.2, 0) is 4.74 Å². The third-order valence-corrected chi connectivity index (χ3v) is 2.26. The molecule has 1 heterocycles. The van der Waals surface area contributed by atoms with Gasteiger partial charge in [-0.1, -0.05) is 0 Å². The van der Waals surface area contributed by atoms with E-state index in [4.69, 9.17) is 4.74 Å². The summed E-state index contributed by atoms with van der Waals surface area (Å²) in [6, 6.07) is 0. The quantitative estimate of drug-likeness (QED) is 0.675. The van der Waals surface area contributed by atoms with Crippen LogP contribution in [0.1, 0.15) is 13.8 Å². The number of hydrogen-bond acceptors (Lipinski definition) is 2. The minimum atomic E-state index is -2.27. The second kappa shape index (κ2) is 4.33. The number of halogens is 2. The molecule has 78 valence electrons. The lowest BCUT2D eigenvalue weighted by molar-refractivity contribution is -0.0494. The Balaban J connectivity index is 2.50. The van der Waals surface area contributed by atoms with Gasteiger partial charge in [0.1, 0.15) is 0 Å². The largest absolute Gasteiger partial charge is 0.374 e. The van der Waals surface area contributed by atoms with E-state index < -0.39 is 12.3 Å². The van der Waals surface area contributed by atoms with Crippen molar-refractivity contribution in [3.63, 3.8) is 0 Å². The number of nitrogens with zero attached hydrogens (tertiary/aromatic N) is 1. The van der Waals surface area contributed by atoms with Crippen LogP contribution in [0.5, 0.6) is 0 Å². The van der Waals surface area contributed by atoms with Gasteiger partial charge >= 0.3 is 0 Å². The van der Waals surface area contributed by atoms with E-state index in [1.54, 1.807) is 0 Å². The zero-order chi connectivity index (χ0) is 10.0. The molecule has 2 atom stereocenters. The van der Waals surface area contributed by atoms with Gasteiger partial charge in [0, 0.05) is 13.1 Å². The zero-order valence-corrected chi connectivity index (χ0v) is 8.34. The Morgan fingerprint density at radius 2 is 1.92 bits per heavy atom. The Kier molecular flexibility index (Phi) is 3.62. The average molecular weight is 193 g/mol. The van der Waals surface area contributed by atoms with Crippen molar-refractivity contribution in [3.8, 4) is 0 Å². The van der Waals surface area contributed by atoms with Crippen LogP contribution in [0.25, 0.3) is 0 Å².